The highest BCUT2D eigenvalue weighted by Gasteiger charge is 2.44. The average Bonchev–Trinajstić information content (AvgIpc) is 3.32. The van der Waals surface area contributed by atoms with E-state index in [1.54, 1.807) is 4.68 Å². The van der Waals surface area contributed by atoms with Gasteiger partial charge in [0.15, 0.2) is 0 Å². The molecule has 6 heteroatoms. The molecule has 0 radical (unpaired) electrons. The number of piperidine rings is 1. The number of benzene rings is 1. The fourth-order valence-corrected chi connectivity index (χ4v) is 4.68. The lowest BCUT2D eigenvalue weighted by Gasteiger charge is -2.39. The molecule has 29 heavy (non-hydrogen) atoms. The van der Waals surface area contributed by atoms with Gasteiger partial charge in [0.2, 0.25) is 0 Å². The Labute approximate surface area is 173 Å². The van der Waals surface area contributed by atoms with Crippen molar-refractivity contribution in [3.63, 3.8) is 0 Å². The number of aryl methyl sites for hydroxylation is 2. The van der Waals surface area contributed by atoms with Gasteiger partial charge >= 0.3 is 0 Å². The topological polar surface area (TPSA) is 50.6 Å². The maximum atomic E-state index is 13.0. The van der Waals surface area contributed by atoms with Crippen LogP contribution in [0, 0.1) is 0 Å². The van der Waals surface area contributed by atoms with Crippen LogP contribution >= 0.6 is 0 Å². The monoisotopic (exact) mass is 396 g/mol. The van der Waals surface area contributed by atoms with Gasteiger partial charge in [0.05, 0.1) is 23.9 Å². The molecule has 0 N–H and O–H groups in total. The molecule has 3 heterocycles. The standard InChI is InChI=1S/C23H32N4O2/c1-4-8-18-15-21(26(3)24-18)22(28)27-13-11-23(12-14-27)16-20(17-29-23)25(2)19-9-6-5-7-10-19/h5-7,9-10,15,20H,4,8,11-14,16-17H2,1-3H3. The molecule has 4 rings (SSSR count). The summed E-state index contributed by atoms with van der Waals surface area (Å²) in [5.74, 6) is 0.0909. The largest absolute Gasteiger partial charge is 0.373 e. The van der Waals surface area contributed by atoms with Crippen molar-refractivity contribution in [3.05, 3.63) is 47.8 Å². The molecule has 2 saturated heterocycles. The summed E-state index contributed by atoms with van der Waals surface area (Å²) in [6, 6.07) is 12.8. The van der Waals surface area contributed by atoms with Gasteiger partial charge in [-0.15, -0.1) is 0 Å². The second-order valence-corrected chi connectivity index (χ2v) is 8.49. The van der Waals surface area contributed by atoms with Crippen LogP contribution < -0.4 is 4.90 Å². The summed E-state index contributed by atoms with van der Waals surface area (Å²) in [4.78, 5) is 17.3. The second kappa shape index (κ2) is 8.19. The number of ether oxygens (including phenoxy) is 1. The highest BCUT2D eigenvalue weighted by Crippen LogP contribution is 2.38. The van der Waals surface area contributed by atoms with Crippen LogP contribution in [-0.4, -0.2) is 59.0 Å². The number of anilines is 1. The average molecular weight is 397 g/mol. The predicted molar refractivity (Wildman–Crippen MR) is 114 cm³/mol. The minimum absolute atomic E-state index is 0.0909. The number of hydrogen-bond donors (Lipinski definition) is 0. The van der Waals surface area contributed by atoms with E-state index in [2.05, 4.69) is 48.2 Å². The highest BCUT2D eigenvalue weighted by molar-refractivity contribution is 5.92. The normalized spacial score (nSPS) is 20.9. The van der Waals surface area contributed by atoms with Crippen molar-refractivity contribution in [3.8, 4) is 0 Å². The Kier molecular flexibility index (Phi) is 5.63. The van der Waals surface area contributed by atoms with Gasteiger partial charge in [0.25, 0.3) is 5.91 Å². The molecule has 2 aromatic rings. The van der Waals surface area contributed by atoms with Gasteiger partial charge in [-0.25, -0.2) is 0 Å². The van der Waals surface area contributed by atoms with Crippen molar-refractivity contribution < 1.29 is 9.53 Å². The van der Waals surface area contributed by atoms with E-state index in [4.69, 9.17) is 4.74 Å². The van der Waals surface area contributed by atoms with Gasteiger partial charge in [-0.3, -0.25) is 9.48 Å². The zero-order valence-electron chi connectivity index (χ0n) is 17.8. The summed E-state index contributed by atoms with van der Waals surface area (Å²) in [6.07, 6.45) is 4.77. The summed E-state index contributed by atoms with van der Waals surface area (Å²) < 4.78 is 8.06. The molecule has 156 valence electrons. The number of likely N-dealkylation sites (N-methyl/N-ethyl adjacent to an activating group) is 1. The van der Waals surface area contributed by atoms with Crippen LogP contribution in [0.25, 0.3) is 0 Å². The van der Waals surface area contributed by atoms with Crippen LogP contribution in [0.5, 0.6) is 0 Å². The number of rotatable bonds is 5. The van der Waals surface area contributed by atoms with Crippen molar-refractivity contribution in [2.45, 2.75) is 50.7 Å². The molecule has 1 atom stereocenters. The van der Waals surface area contributed by atoms with Crippen LogP contribution in [0.1, 0.15) is 48.8 Å². The van der Waals surface area contributed by atoms with E-state index in [0.717, 1.165) is 57.5 Å². The lowest BCUT2D eigenvalue weighted by molar-refractivity contribution is -0.0390. The van der Waals surface area contributed by atoms with Crippen LogP contribution in [0.4, 0.5) is 5.69 Å². The zero-order chi connectivity index (χ0) is 20.4. The molecular weight excluding hydrogens is 364 g/mol. The highest BCUT2D eigenvalue weighted by atomic mass is 16.5. The van der Waals surface area contributed by atoms with E-state index >= 15 is 0 Å². The molecule has 1 spiro atoms. The summed E-state index contributed by atoms with van der Waals surface area (Å²) in [5.41, 5.74) is 2.82. The Morgan fingerprint density at radius 2 is 2.00 bits per heavy atom. The van der Waals surface area contributed by atoms with Gasteiger partial charge in [-0.2, -0.15) is 5.10 Å². The third-order valence-corrected chi connectivity index (χ3v) is 6.52. The summed E-state index contributed by atoms with van der Waals surface area (Å²) in [5, 5.41) is 4.48. The first-order valence-corrected chi connectivity index (χ1v) is 10.8. The smallest absolute Gasteiger partial charge is 0.272 e. The van der Waals surface area contributed by atoms with Crippen molar-refractivity contribution >= 4 is 11.6 Å². The molecule has 1 aromatic carbocycles. The van der Waals surface area contributed by atoms with E-state index in [1.165, 1.54) is 5.69 Å². The lowest BCUT2D eigenvalue weighted by Crippen LogP contribution is -2.47. The summed E-state index contributed by atoms with van der Waals surface area (Å²) in [6.45, 7) is 4.37. The first kappa shape index (κ1) is 20.0. The van der Waals surface area contributed by atoms with Crippen LogP contribution in [-0.2, 0) is 18.2 Å². The van der Waals surface area contributed by atoms with Crippen molar-refractivity contribution in [2.24, 2.45) is 7.05 Å². The van der Waals surface area contributed by atoms with Crippen molar-refractivity contribution in [1.29, 1.82) is 0 Å². The number of carbonyl (C=O) groups is 1. The van der Waals surface area contributed by atoms with Crippen LogP contribution in [0.15, 0.2) is 36.4 Å². The maximum absolute atomic E-state index is 13.0. The Morgan fingerprint density at radius 3 is 2.69 bits per heavy atom. The van der Waals surface area contributed by atoms with E-state index in [1.807, 2.05) is 24.1 Å². The third kappa shape index (κ3) is 4.04. The fourth-order valence-electron chi connectivity index (χ4n) is 4.68. The molecule has 2 aliphatic rings. The van der Waals surface area contributed by atoms with E-state index in [-0.39, 0.29) is 11.5 Å². The molecule has 1 amide bonds. The fraction of sp³-hybridized carbons (Fsp3) is 0.565. The molecule has 2 aliphatic heterocycles. The number of likely N-dealkylation sites (tertiary alicyclic amines) is 1. The van der Waals surface area contributed by atoms with Crippen LogP contribution in [0.3, 0.4) is 0 Å². The number of amides is 1. The summed E-state index contributed by atoms with van der Waals surface area (Å²) >= 11 is 0. The molecule has 0 bridgehead atoms. The summed E-state index contributed by atoms with van der Waals surface area (Å²) in [7, 11) is 4.01. The lowest BCUT2D eigenvalue weighted by atomic mass is 9.87. The van der Waals surface area contributed by atoms with Gasteiger partial charge in [-0.1, -0.05) is 31.5 Å². The van der Waals surface area contributed by atoms with E-state index < -0.39 is 0 Å². The van der Waals surface area contributed by atoms with Crippen molar-refractivity contribution in [1.82, 2.24) is 14.7 Å². The molecular formula is C23H32N4O2. The number of hydrogen-bond acceptors (Lipinski definition) is 4. The molecule has 0 saturated carbocycles. The maximum Gasteiger partial charge on any atom is 0.272 e. The van der Waals surface area contributed by atoms with Gasteiger partial charge < -0.3 is 14.5 Å². The number of para-hydroxylation sites is 1. The van der Waals surface area contributed by atoms with E-state index in [9.17, 15) is 4.79 Å². The Morgan fingerprint density at radius 1 is 1.28 bits per heavy atom. The molecule has 6 nitrogen and oxygen atoms in total. The van der Waals surface area contributed by atoms with Gasteiger partial charge in [0.1, 0.15) is 5.69 Å². The van der Waals surface area contributed by atoms with Crippen molar-refractivity contribution in [2.75, 3.05) is 31.6 Å². The zero-order valence-corrected chi connectivity index (χ0v) is 17.8. The minimum atomic E-state index is -0.0929. The predicted octanol–water partition coefficient (Wildman–Crippen LogP) is 3.27. The van der Waals surface area contributed by atoms with Crippen LogP contribution in [0.2, 0.25) is 0 Å². The minimum Gasteiger partial charge on any atom is -0.373 e. The SMILES string of the molecule is CCCc1cc(C(=O)N2CCC3(CC2)CC(N(C)c2ccccc2)CO3)n(C)n1. The molecule has 1 unspecified atom stereocenters. The number of nitrogens with zero attached hydrogens (tertiary/aromatic N) is 4. The number of carbonyl (C=O) groups excluding carboxylic acids is 1. The second-order valence-electron chi connectivity index (χ2n) is 8.49. The van der Waals surface area contributed by atoms with E-state index in [0.29, 0.717) is 11.7 Å². The quantitative estimate of drug-likeness (QED) is 0.778. The Bertz CT molecular complexity index is 840. The molecule has 1 aromatic heterocycles. The Hall–Kier alpha value is -2.34. The Balaban J connectivity index is 1.36. The first-order valence-electron chi connectivity index (χ1n) is 10.8. The van der Waals surface area contributed by atoms with Gasteiger partial charge in [-0.05, 0) is 43.9 Å². The third-order valence-electron chi connectivity index (χ3n) is 6.52. The van der Waals surface area contributed by atoms with Gasteiger partial charge in [0, 0.05) is 32.9 Å². The molecule has 0 aliphatic carbocycles. The first-order chi connectivity index (χ1) is 14.0. The molecule has 2 fully saturated rings. The number of aromatic nitrogens is 2.